The second kappa shape index (κ2) is 4.37. The Hall–Kier alpha value is -0.465. The molecule has 0 aromatic rings. The van der Waals surface area contributed by atoms with E-state index in [2.05, 4.69) is 26.0 Å². The summed E-state index contributed by atoms with van der Waals surface area (Å²) < 4.78 is 0. The fourth-order valence-corrected chi connectivity index (χ4v) is 1.08. The zero-order valence-corrected chi connectivity index (χ0v) is 7.11. The van der Waals surface area contributed by atoms with Crippen LogP contribution in [-0.2, 0) is 4.79 Å². The van der Waals surface area contributed by atoms with Crippen molar-refractivity contribution in [2.24, 2.45) is 0 Å². The molecule has 0 unspecified atom stereocenters. The van der Waals surface area contributed by atoms with Crippen LogP contribution in [0, 0.1) is 0 Å². The van der Waals surface area contributed by atoms with Crippen molar-refractivity contribution in [2.75, 3.05) is 0 Å². The lowest BCUT2D eigenvalue weighted by Gasteiger charge is -2.20. The highest BCUT2D eigenvalue weighted by Crippen LogP contribution is 2.27. The maximum Gasteiger partial charge on any atom is 0.241 e. The molecule has 10 heavy (non-hydrogen) atoms. The molecule has 0 spiro atoms. The molecule has 0 rings (SSSR count). The summed E-state index contributed by atoms with van der Waals surface area (Å²) in [5, 5.41) is 2.95. The first-order valence-corrected chi connectivity index (χ1v) is 3.79. The highest BCUT2D eigenvalue weighted by atomic mass is 16.1. The standard InChI is InChI=1S/C7H16BNO/c1-4-5-7(2,3)8-9-6-10/h6,8H,4-5H2,1-3H3,(H,9,10). The Balaban J connectivity index is 3.51. The van der Waals surface area contributed by atoms with E-state index in [0.717, 1.165) is 20.2 Å². The molecule has 0 aliphatic rings. The predicted octanol–water partition coefficient (Wildman–Crippen LogP) is 1.08. The summed E-state index contributed by atoms with van der Waals surface area (Å²) in [5.41, 5.74) is 0. The van der Waals surface area contributed by atoms with E-state index in [1.54, 1.807) is 0 Å². The van der Waals surface area contributed by atoms with Gasteiger partial charge in [-0.1, -0.05) is 33.6 Å². The van der Waals surface area contributed by atoms with E-state index < -0.39 is 0 Å². The molecule has 0 saturated heterocycles. The number of hydrogen-bond acceptors (Lipinski definition) is 1. The zero-order chi connectivity index (χ0) is 8.04. The van der Waals surface area contributed by atoms with Crippen LogP contribution in [-0.4, -0.2) is 13.8 Å². The van der Waals surface area contributed by atoms with Crippen LogP contribution in [0.4, 0.5) is 0 Å². The molecule has 0 radical (unpaired) electrons. The molecule has 0 aliphatic carbocycles. The largest absolute Gasteiger partial charge is 0.404 e. The first kappa shape index (κ1) is 9.53. The second-order valence-electron chi connectivity index (χ2n) is 3.41. The summed E-state index contributed by atoms with van der Waals surface area (Å²) in [6.45, 7) is 6.47. The van der Waals surface area contributed by atoms with Gasteiger partial charge in [0.05, 0.1) is 0 Å². The van der Waals surface area contributed by atoms with E-state index in [1.807, 2.05) is 0 Å². The predicted molar refractivity (Wildman–Crippen MR) is 45.3 cm³/mol. The topological polar surface area (TPSA) is 29.1 Å². The SMILES string of the molecule is CCCC(C)(C)BNC=O. The molecule has 0 aromatic heterocycles. The molecule has 0 aromatic carbocycles. The average Bonchev–Trinajstić information content (AvgIpc) is 1.84. The summed E-state index contributed by atoms with van der Waals surface area (Å²) in [4.78, 5) is 9.94. The van der Waals surface area contributed by atoms with Crippen LogP contribution in [0.25, 0.3) is 0 Å². The molecule has 2 nitrogen and oxygen atoms in total. The molecule has 0 atom stereocenters. The van der Waals surface area contributed by atoms with Crippen LogP contribution in [0.1, 0.15) is 33.6 Å². The molecule has 0 heterocycles. The highest BCUT2D eigenvalue weighted by Gasteiger charge is 2.17. The van der Waals surface area contributed by atoms with E-state index in [9.17, 15) is 4.79 Å². The Morgan fingerprint density at radius 2 is 2.20 bits per heavy atom. The summed E-state index contributed by atoms with van der Waals surface area (Å²) >= 11 is 0. The summed E-state index contributed by atoms with van der Waals surface area (Å²) in [5.74, 6) is 0. The van der Waals surface area contributed by atoms with Crippen LogP contribution in [0.5, 0.6) is 0 Å². The van der Waals surface area contributed by atoms with Crippen LogP contribution < -0.4 is 5.23 Å². The van der Waals surface area contributed by atoms with Gasteiger partial charge in [-0.2, -0.15) is 0 Å². The summed E-state index contributed by atoms with van der Waals surface area (Å²) in [7, 11) is 0.782. The maximum absolute atomic E-state index is 9.94. The number of carbonyl (C=O) groups is 1. The lowest BCUT2D eigenvalue weighted by molar-refractivity contribution is -0.108. The van der Waals surface area contributed by atoms with E-state index in [-0.39, 0.29) is 5.31 Å². The summed E-state index contributed by atoms with van der Waals surface area (Å²) in [6, 6.07) is 0. The van der Waals surface area contributed by atoms with Gasteiger partial charge in [0.1, 0.15) is 0 Å². The smallest absolute Gasteiger partial charge is 0.241 e. The maximum atomic E-state index is 9.94. The van der Waals surface area contributed by atoms with E-state index in [1.165, 1.54) is 6.42 Å². The molecular weight excluding hydrogens is 125 g/mol. The Labute approximate surface area is 63.7 Å². The minimum absolute atomic E-state index is 0.260. The van der Waals surface area contributed by atoms with Gasteiger partial charge in [0.15, 0.2) is 6.41 Å². The fraction of sp³-hybridized carbons (Fsp3) is 0.857. The van der Waals surface area contributed by atoms with Crippen LogP contribution in [0.15, 0.2) is 0 Å². The Morgan fingerprint density at radius 3 is 2.60 bits per heavy atom. The van der Waals surface area contributed by atoms with Crippen molar-refractivity contribution in [2.45, 2.75) is 38.9 Å². The number of hydrogen-bond donors (Lipinski definition) is 1. The van der Waals surface area contributed by atoms with E-state index in [4.69, 9.17) is 0 Å². The number of rotatable bonds is 5. The van der Waals surface area contributed by atoms with Gasteiger partial charge in [0.2, 0.25) is 7.41 Å². The molecule has 0 bridgehead atoms. The van der Waals surface area contributed by atoms with Gasteiger partial charge in [-0.3, -0.25) is 4.79 Å². The van der Waals surface area contributed by atoms with Crippen molar-refractivity contribution < 1.29 is 4.79 Å². The van der Waals surface area contributed by atoms with Crippen molar-refractivity contribution >= 4 is 13.8 Å². The van der Waals surface area contributed by atoms with Crippen molar-refractivity contribution in [3.8, 4) is 0 Å². The average molecular weight is 141 g/mol. The fourth-order valence-electron chi connectivity index (χ4n) is 1.08. The van der Waals surface area contributed by atoms with Crippen molar-refractivity contribution in [1.82, 2.24) is 5.23 Å². The van der Waals surface area contributed by atoms with Gasteiger partial charge in [-0.15, -0.1) is 0 Å². The van der Waals surface area contributed by atoms with Gasteiger partial charge >= 0.3 is 0 Å². The monoisotopic (exact) mass is 141 g/mol. The lowest BCUT2D eigenvalue weighted by Crippen LogP contribution is -2.27. The van der Waals surface area contributed by atoms with Gasteiger partial charge in [0.25, 0.3) is 0 Å². The highest BCUT2D eigenvalue weighted by molar-refractivity contribution is 6.39. The van der Waals surface area contributed by atoms with Crippen molar-refractivity contribution in [3.05, 3.63) is 0 Å². The Bertz CT molecular complexity index is 104. The first-order valence-electron chi connectivity index (χ1n) is 3.79. The normalized spacial score (nSPS) is 10.7. The first-order chi connectivity index (χ1) is 4.62. The number of carbonyl (C=O) groups excluding carboxylic acids is 1. The van der Waals surface area contributed by atoms with Crippen molar-refractivity contribution in [3.63, 3.8) is 0 Å². The lowest BCUT2D eigenvalue weighted by atomic mass is 9.61. The van der Waals surface area contributed by atoms with E-state index in [0.29, 0.717) is 0 Å². The molecule has 0 fully saturated rings. The zero-order valence-electron chi connectivity index (χ0n) is 7.11. The van der Waals surface area contributed by atoms with Gasteiger partial charge in [-0.25, -0.2) is 0 Å². The third kappa shape index (κ3) is 4.42. The van der Waals surface area contributed by atoms with Crippen LogP contribution >= 0.6 is 0 Å². The molecule has 0 saturated carbocycles. The van der Waals surface area contributed by atoms with Gasteiger partial charge in [-0.05, 0) is 5.31 Å². The Morgan fingerprint density at radius 1 is 1.60 bits per heavy atom. The quantitative estimate of drug-likeness (QED) is 0.450. The molecular formula is C7H16BNO. The second-order valence-corrected chi connectivity index (χ2v) is 3.41. The van der Waals surface area contributed by atoms with Gasteiger partial charge in [0, 0.05) is 0 Å². The molecule has 1 N–H and O–H groups in total. The van der Waals surface area contributed by atoms with Crippen LogP contribution in [0.2, 0.25) is 5.31 Å². The van der Waals surface area contributed by atoms with E-state index >= 15 is 0 Å². The minimum Gasteiger partial charge on any atom is -0.404 e. The molecule has 0 aliphatic heterocycles. The molecule has 3 heteroatoms. The molecule has 1 amide bonds. The van der Waals surface area contributed by atoms with Crippen molar-refractivity contribution in [1.29, 1.82) is 0 Å². The number of amides is 1. The minimum atomic E-state index is 0.260. The van der Waals surface area contributed by atoms with Gasteiger partial charge < -0.3 is 5.23 Å². The van der Waals surface area contributed by atoms with Crippen LogP contribution in [0.3, 0.4) is 0 Å². The summed E-state index contributed by atoms with van der Waals surface area (Å²) in [6.07, 6.45) is 3.10. The Kier molecular flexibility index (Phi) is 4.16. The third-order valence-corrected chi connectivity index (χ3v) is 1.59. The molecule has 58 valence electrons. The number of nitrogens with one attached hydrogen (secondary N) is 1. The third-order valence-electron chi connectivity index (χ3n) is 1.59.